The largest absolute Gasteiger partial charge is 0.485 e. The van der Waals surface area contributed by atoms with Crippen LogP contribution >= 0.6 is 11.6 Å². The fourth-order valence-electron chi connectivity index (χ4n) is 1.20. The highest BCUT2D eigenvalue weighted by atomic mass is 35.5. The Morgan fingerprint density at radius 3 is 2.73 bits per heavy atom. The molecule has 1 aliphatic rings. The molecule has 1 aliphatic carbocycles. The third kappa shape index (κ3) is 2.75. The van der Waals surface area contributed by atoms with E-state index in [2.05, 4.69) is 4.98 Å². The van der Waals surface area contributed by atoms with Crippen molar-refractivity contribution in [3.63, 3.8) is 0 Å². The van der Waals surface area contributed by atoms with Gasteiger partial charge < -0.3 is 9.47 Å². The Labute approximate surface area is 94.4 Å². The lowest BCUT2D eigenvalue weighted by Crippen LogP contribution is -2.08. The molecule has 0 saturated heterocycles. The number of aromatic nitrogens is 1. The molecule has 0 bridgehead atoms. The number of hydrogen-bond acceptors (Lipinski definition) is 3. The highest BCUT2D eigenvalue weighted by Crippen LogP contribution is 2.38. The molecule has 3 nitrogen and oxygen atoms in total. The average molecular weight is 228 g/mol. The summed E-state index contributed by atoms with van der Waals surface area (Å²) in [7, 11) is 0. The molecule has 4 heteroatoms. The number of halogens is 1. The van der Waals surface area contributed by atoms with Gasteiger partial charge in [0.25, 0.3) is 0 Å². The normalized spacial score (nSPS) is 15.5. The SMILES string of the molecule is CC(C)Oc1c(Cl)cncc1OC1CC1. The minimum absolute atomic E-state index is 0.0754. The van der Waals surface area contributed by atoms with Gasteiger partial charge in [-0.3, -0.25) is 4.98 Å². The fraction of sp³-hybridized carbons (Fsp3) is 0.545. The molecule has 0 unspecified atom stereocenters. The van der Waals surface area contributed by atoms with Crippen molar-refractivity contribution in [2.75, 3.05) is 0 Å². The minimum atomic E-state index is 0.0754. The van der Waals surface area contributed by atoms with Crippen molar-refractivity contribution in [2.45, 2.75) is 38.9 Å². The van der Waals surface area contributed by atoms with Gasteiger partial charge in [0.05, 0.1) is 18.4 Å². The van der Waals surface area contributed by atoms with Crippen LogP contribution in [0.25, 0.3) is 0 Å². The van der Waals surface area contributed by atoms with Crippen LogP contribution in [0.4, 0.5) is 0 Å². The van der Waals surface area contributed by atoms with Gasteiger partial charge in [0.1, 0.15) is 5.02 Å². The second-order valence-corrected chi connectivity index (χ2v) is 4.34. The third-order valence-electron chi connectivity index (χ3n) is 1.99. The molecule has 1 saturated carbocycles. The van der Waals surface area contributed by atoms with E-state index in [1.807, 2.05) is 13.8 Å². The number of rotatable bonds is 4. The summed E-state index contributed by atoms with van der Waals surface area (Å²) in [4.78, 5) is 4.00. The molecule has 0 spiro atoms. The predicted octanol–water partition coefficient (Wildman–Crippen LogP) is 3.06. The van der Waals surface area contributed by atoms with Crippen molar-refractivity contribution in [3.05, 3.63) is 17.4 Å². The molecule has 0 atom stereocenters. The quantitative estimate of drug-likeness (QED) is 0.792. The summed E-state index contributed by atoms with van der Waals surface area (Å²) in [6, 6.07) is 0. The van der Waals surface area contributed by atoms with Crippen LogP contribution in [-0.2, 0) is 0 Å². The van der Waals surface area contributed by atoms with Crippen molar-refractivity contribution < 1.29 is 9.47 Å². The summed E-state index contributed by atoms with van der Waals surface area (Å²) in [5, 5.41) is 0.502. The molecule has 82 valence electrons. The lowest BCUT2D eigenvalue weighted by molar-refractivity contribution is 0.217. The Kier molecular flexibility index (Phi) is 3.00. The monoisotopic (exact) mass is 227 g/mol. The van der Waals surface area contributed by atoms with Gasteiger partial charge in [-0.15, -0.1) is 0 Å². The van der Waals surface area contributed by atoms with E-state index in [9.17, 15) is 0 Å². The molecule has 0 aliphatic heterocycles. The van der Waals surface area contributed by atoms with Gasteiger partial charge in [-0.2, -0.15) is 0 Å². The molecular formula is C11H14ClNO2. The van der Waals surface area contributed by atoms with E-state index in [-0.39, 0.29) is 6.10 Å². The van der Waals surface area contributed by atoms with E-state index < -0.39 is 0 Å². The first-order chi connectivity index (χ1) is 7.16. The van der Waals surface area contributed by atoms with Gasteiger partial charge in [-0.1, -0.05) is 11.6 Å². The van der Waals surface area contributed by atoms with Gasteiger partial charge in [-0.25, -0.2) is 0 Å². The summed E-state index contributed by atoms with van der Waals surface area (Å²) in [6.45, 7) is 3.91. The summed E-state index contributed by atoms with van der Waals surface area (Å²) < 4.78 is 11.3. The van der Waals surface area contributed by atoms with Crippen molar-refractivity contribution >= 4 is 11.6 Å². The fourth-order valence-corrected chi connectivity index (χ4v) is 1.40. The maximum atomic E-state index is 6.01. The zero-order valence-electron chi connectivity index (χ0n) is 8.87. The van der Waals surface area contributed by atoms with E-state index in [0.717, 1.165) is 12.8 Å². The van der Waals surface area contributed by atoms with Gasteiger partial charge >= 0.3 is 0 Å². The molecule has 0 aromatic carbocycles. The van der Waals surface area contributed by atoms with E-state index in [0.29, 0.717) is 22.6 Å². The van der Waals surface area contributed by atoms with Gasteiger partial charge in [-0.05, 0) is 26.7 Å². The van der Waals surface area contributed by atoms with Gasteiger partial charge in [0.15, 0.2) is 11.5 Å². The maximum absolute atomic E-state index is 6.01. The topological polar surface area (TPSA) is 31.4 Å². The number of nitrogens with zero attached hydrogens (tertiary/aromatic N) is 1. The van der Waals surface area contributed by atoms with Crippen LogP contribution in [-0.4, -0.2) is 17.2 Å². The first kappa shape index (κ1) is 10.6. The second-order valence-electron chi connectivity index (χ2n) is 3.93. The summed E-state index contributed by atoms with van der Waals surface area (Å²) in [6.07, 6.45) is 5.83. The van der Waals surface area contributed by atoms with Crippen LogP contribution < -0.4 is 9.47 Å². The average Bonchev–Trinajstić information content (AvgIpc) is 2.94. The minimum Gasteiger partial charge on any atom is -0.485 e. The van der Waals surface area contributed by atoms with Crippen LogP contribution in [0.3, 0.4) is 0 Å². The van der Waals surface area contributed by atoms with Crippen LogP contribution in [0.15, 0.2) is 12.4 Å². The Morgan fingerprint density at radius 1 is 1.40 bits per heavy atom. The van der Waals surface area contributed by atoms with Crippen LogP contribution in [0.5, 0.6) is 11.5 Å². The number of pyridine rings is 1. The molecule has 0 amide bonds. The molecule has 1 aromatic heterocycles. The van der Waals surface area contributed by atoms with Crippen LogP contribution in [0.1, 0.15) is 26.7 Å². The van der Waals surface area contributed by atoms with Crippen molar-refractivity contribution in [3.8, 4) is 11.5 Å². The Balaban J connectivity index is 2.21. The molecule has 1 fully saturated rings. The molecule has 0 N–H and O–H groups in total. The van der Waals surface area contributed by atoms with Gasteiger partial charge in [0.2, 0.25) is 0 Å². The number of hydrogen-bond donors (Lipinski definition) is 0. The zero-order chi connectivity index (χ0) is 10.8. The Bertz CT molecular complexity index is 350. The predicted molar refractivity (Wildman–Crippen MR) is 58.7 cm³/mol. The second kappa shape index (κ2) is 4.27. The highest BCUT2D eigenvalue weighted by Gasteiger charge is 2.26. The first-order valence-electron chi connectivity index (χ1n) is 5.13. The number of ether oxygens (including phenoxy) is 2. The molecule has 1 aromatic rings. The van der Waals surface area contributed by atoms with E-state index in [4.69, 9.17) is 21.1 Å². The van der Waals surface area contributed by atoms with Crippen molar-refractivity contribution in [2.24, 2.45) is 0 Å². The van der Waals surface area contributed by atoms with Crippen LogP contribution in [0, 0.1) is 0 Å². The zero-order valence-corrected chi connectivity index (χ0v) is 9.62. The first-order valence-corrected chi connectivity index (χ1v) is 5.51. The van der Waals surface area contributed by atoms with E-state index >= 15 is 0 Å². The summed E-state index contributed by atoms with van der Waals surface area (Å²) >= 11 is 6.01. The molecule has 2 rings (SSSR count). The molecule has 0 radical (unpaired) electrons. The molecular weight excluding hydrogens is 214 g/mol. The molecule has 1 heterocycles. The van der Waals surface area contributed by atoms with Crippen molar-refractivity contribution in [1.29, 1.82) is 0 Å². The highest BCUT2D eigenvalue weighted by molar-refractivity contribution is 6.32. The van der Waals surface area contributed by atoms with Gasteiger partial charge in [0, 0.05) is 6.20 Å². The maximum Gasteiger partial charge on any atom is 0.183 e. The Hall–Kier alpha value is -0.960. The Morgan fingerprint density at radius 2 is 2.13 bits per heavy atom. The lowest BCUT2D eigenvalue weighted by Gasteiger charge is -2.15. The summed E-state index contributed by atoms with van der Waals surface area (Å²) in [5.41, 5.74) is 0. The lowest BCUT2D eigenvalue weighted by atomic mass is 10.4. The van der Waals surface area contributed by atoms with E-state index in [1.54, 1.807) is 12.4 Å². The third-order valence-corrected chi connectivity index (χ3v) is 2.26. The van der Waals surface area contributed by atoms with E-state index in [1.165, 1.54) is 0 Å². The smallest absolute Gasteiger partial charge is 0.183 e. The van der Waals surface area contributed by atoms with Crippen molar-refractivity contribution in [1.82, 2.24) is 4.98 Å². The standard InChI is InChI=1S/C11H14ClNO2/c1-7(2)14-11-9(12)5-13-6-10(11)15-8-3-4-8/h5-8H,3-4H2,1-2H3. The van der Waals surface area contributed by atoms with Crippen LogP contribution in [0.2, 0.25) is 5.02 Å². The summed E-state index contributed by atoms with van der Waals surface area (Å²) in [5.74, 6) is 1.26. The molecule has 15 heavy (non-hydrogen) atoms.